The van der Waals surface area contributed by atoms with Gasteiger partial charge in [0.05, 0.1) is 23.8 Å². The largest absolute Gasteiger partial charge is 0.418 e. The quantitative estimate of drug-likeness (QED) is 0.713. The van der Waals surface area contributed by atoms with E-state index < -0.39 is 11.7 Å². The highest BCUT2D eigenvalue weighted by Gasteiger charge is 2.35. The Bertz CT molecular complexity index is 883. The molecular weight excluding hydrogens is 405 g/mol. The smallest absolute Gasteiger partial charge is 0.375 e. The van der Waals surface area contributed by atoms with Crippen LogP contribution < -0.4 is 4.90 Å². The minimum atomic E-state index is -4.42. The van der Waals surface area contributed by atoms with Gasteiger partial charge in [-0.15, -0.1) is 0 Å². The van der Waals surface area contributed by atoms with Gasteiger partial charge in [-0.05, 0) is 43.7 Å². The van der Waals surface area contributed by atoms with Crippen molar-refractivity contribution in [1.82, 2.24) is 14.8 Å². The van der Waals surface area contributed by atoms with Gasteiger partial charge in [-0.1, -0.05) is 6.92 Å². The molecule has 0 unspecified atom stereocenters. The zero-order chi connectivity index (χ0) is 22.0. The zero-order valence-electron chi connectivity index (χ0n) is 18.2. The summed E-state index contributed by atoms with van der Waals surface area (Å²) in [5.41, 5.74) is 0.130. The number of piperidine rings is 1. The van der Waals surface area contributed by atoms with E-state index >= 15 is 0 Å². The molecular formula is C23H31F3N4O. The van der Waals surface area contributed by atoms with Crippen LogP contribution in [-0.2, 0) is 10.9 Å². The van der Waals surface area contributed by atoms with Crippen molar-refractivity contribution in [1.29, 1.82) is 0 Å². The maximum atomic E-state index is 13.4. The molecule has 3 heterocycles. The first-order chi connectivity index (χ1) is 14.8. The van der Waals surface area contributed by atoms with E-state index in [-0.39, 0.29) is 11.6 Å². The predicted molar refractivity (Wildman–Crippen MR) is 116 cm³/mol. The Morgan fingerprint density at radius 2 is 1.87 bits per heavy atom. The van der Waals surface area contributed by atoms with E-state index in [1.165, 1.54) is 6.20 Å². The summed E-state index contributed by atoms with van der Waals surface area (Å²) < 4.78 is 46.6. The summed E-state index contributed by atoms with van der Waals surface area (Å²) in [5.74, 6) is 0.399. The van der Waals surface area contributed by atoms with Crippen LogP contribution in [0.1, 0.15) is 18.9 Å². The Morgan fingerprint density at radius 1 is 1.10 bits per heavy atom. The van der Waals surface area contributed by atoms with Crippen molar-refractivity contribution in [3.8, 4) is 0 Å². The van der Waals surface area contributed by atoms with Crippen molar-refractivity contribution < 1.29 is 17.9 Å². The molecule has 5 nitrogen and oxygen atoms in total. The Labute approximate surface area is 181 Å². The Morgan fingerprint density at radius 3 is 2.61 bits per heavy atom. The molecule has 2 fully saturated rings. The van der Waals surface area contributed by atoms with Gasteiger partial charge in [-0.25, -0.2) is 0 Å². The van der Waals surface area contributed by atoms with Gasteiger partial charge in [0.25, 0.3) is 0 Å². The van der Waals surface area contributed by atoms with Crippen LogP contribution in [0.3, 0.4) is 0 Å². The number of rotatable bonds is 5. The number of ether oxygens (including phenoxy) is 1. The molecule has 2 atom stereocenters. The number of hydrogen-bond acceptors (Lipinski definition) is 5. The van der Waals surface area contributed by atoms with Crippen molar-refractivity contribution in [2.24, 2.45) is 5.92 Å². The van der Waals surface area contributed by atoms with Crippen LogP contribution >= 0.6 is 0 Å². The van der Waals surface area contributed by atoms with E-state index in [4.69, 9.17) is 4.74 Å². The average Bonchev–Trinajstić information content (AvgIpc) is 2.73. The van der Waals surface area contributed by atoms with Crippen LogP contribution in [0.25, 0.3) is 10.9 Å². The summed E-state index contributed by atoms with van der Waals surface area (Å²) >= 11 is 0. The van der Waals surface area contributed by atoms with Gasteiger partial charge in [0, 0.05) is 63.1 Å². The summed E-state index contributed by atoms with van der Waals surface area (Å²) in [6.07, 6.45) is -1.96. The minimum absolute atomic E-state index is 0.0123. The third-order valence-electron chi connectivity index (χ3n) is 6.37. The molecule has 2 saturated heterocycles. The van der Waals surface area contributed by atoms with Crippen LogP contribution in [-0.4, -0.2) is 80.4 Å². The lowest BCUT2D eigenvalue weighted by atomic mass is 9.96. The third-order valence-corrected chi connectivity index (χ3v) is 6.37. The maximum Gasteiger partial charge on any atom is 0.418 e. The molecule has 8 heteroatoms. The Hall–Kier alpha value is -1.90. The molecule has 1 aromatic carbocycles. The van der Waals surface area contributed by atoms with E-state index in [2.05, 4.69) is 33.7 Å². The van der Waals surface area contributed by atoms with Crippen LogP contribution in [0, 0.1) is 5.92 Å². The number of benzene rings is 1. The number of piperazine rings is 1. The van der Waals surface area contributed by atoms with Gasteiger partial charge < -0.3 is 14.5 Å². The number of alkyl halides is 3. The number of hydrogen-bond donors (Lipinski definition) is 0. The first-order valence-electron chi connectivity index (χ1n) is 11.0. The van der Waals surface area contributed by atoms with Gasteiger partial charge in [0.1, 0.15) is 0 Å². The molecule has 0 bridgehead atoms. The second kappa shape index (κ2) is 9.30. The SMILES string of the molecule is C[C@@H]1C[C@H](OCCN2CCN(C)CC2)CN(c2ccc(C(F)(F)F)c3ncccc23)C1. The molecule has 0 amide bonds. The van der Waals surface area contributed by atoms with E-state index in [1.807, 2.05) is 0 Å². The van der Waals surface area contributed by atoms with E-state index in [9.17, 15) is 13.2 Å². The van der Waals surface area contributed by atoms with Gasteiger partial charge in [-0.2, -0.15) is 13.2 Å². The number of pyridine rings is 1. The molecule has 0 N–H and O–H groups in total. The fraction of sp³-hybridized carbons (Fsp3) is 0.609. The number of halogens is 3. The summed E-state index contributed by atoms with van der Waals surface area (Å²) in [5, 5.41) is 0.544. The molecule has 0 saturated carbocycles. The molecule has 0 aliphatic carbocycles. The van der Waals surface area contributed by atoms with Crippen molar-refractivity contribution in [2.75, 3.05) is 64.4 Å². The molecule has 2 aromatic rings. The van der Waals surface area contributed by atoms with Crippen molar-refractivity contribution in [3.63, 3.8) is 0 Å². The van der Waals surface area contributed by atoms with E-state index in [1.54, 1.807) is 18.2 Å². The lowest BCUT2D eigenvalue weighted by molar-refractivity contribution is -0.136. The van der Waals surface area contributed by atoms with E-state index in [0.29, 0.717) is 24.5 Å². The van der Waals surface area contributed by atoms with Crippen molar-refractivity contribution in [3.05, 3.63) is 36.0 Å². The number of anilines is 1. The monoisotopic (exact) mass is 436 g/mol. The van der Waals surface area contributed by atoms with E-state index in [0.717, 1.165) is 57.4 Å². The summed E-state index contributed by atoms with van der Waals surface area (Å²) in [6.45, 7) is 9.57. The number of likely N-dealkylation sites (N-methyl/N-ethyl adjacent to an activating group) is 1. The topological polar surface area (TPSA) is 31.8 Å². The highest BCUT2D eigenvalue weighted by atomic mass is 19.4. The van der Waals surface area contributed by atoms with Crippen LogP contribution in [0.4, 0.5) is 18.9 Å². The first kappa shape index (κ1) is 22.3. The Balaban J connectivity index is 1.45. The minimum Gasteiger partial charge on any atom is -0.375 e. The van der Waals surface area contributed by atoms with Gasteiger partial charge in [0.2, 0.25) is 0 Å². The summed E-state index contributed by atoms with van der Waals surface area (Å²) in [4.78, 5) is 11.0. The highest BCUT2D eigenvalue weighted by Crippen LogP contribution is 2.38. The second-order valence-corrected chi connectivity index (χ2v) is 8.91. The number of nitrogens with zero attached hydrogens (tertiary/aromatic N) is 4. The molecule has 31 heavy (non-hydrogen) atoms. The molecule has 170 valence electrons. The lowest BCUT2D eigenvalue weighted by Gasteiger charge is -2.39. The standard InChI is InChI=1S/C23H31F3N4O/c1-17-14-18(31-13-12-29-10-8-28(2)9-11-29)16-30(15-17)21-6-5-20(23(24,25)26)22-19(21)4-3-7-27-22/h3-7,17-18H,8-16H2,1-2H3/t17-,18+/m1/s1. The molecule has 1 aromatic heterocycles. The average molecular weight is 437 g/mol. The molecule has 4 rings (SSSR count). The fourth-order valence-electron chi connectivity index (χ4n) is 4.69. The predicted octanol–water partition coefficient (Wildman–Crippen LogP) is 3.73. The number of aromatic nitrogens is 1. The van der Waals surface area contributed by atoms with Crippen LogP contribution in [0.15, 0.2) is 30.5 Å². The Kier molecular flexibility index (Phi) is 6.69. The normalized spacial score (nSPS) is 24.1. The molecule has 2 aliphatic heterocycles. The summed E-state index contributed by atoms with van der Waals surface area (Å²) in [7, 11) is 2.15. The van der Waals surface area contributed by atoms with Crippen LogP contribution in [0.5, 0.6) is 0 Å². The van der Waals surface area contributed by atoms with Crippen molar-refractivity contribution in [2.45, 2.75) is 25.6 Å². The molecule has 2 aliphatic rings. The lowest BCUT2D eigenvalue weighted by Crippen LogP contribution is -2.47. The zero-order valence-corrected chi connectivity index (χ0v) is 18.2. The van der Waals surface area contributed by atoms with Crippen molar-refractivity contribution >= 4 is 16.6 Å². The molecule has 0 spiro atoms. The van der Waals surface area contributed by atoms with Crippen LogP contribution in [0.2, 0.25) is 0 Å². The van der Waals surface area contributed by atoms with Gasteiger partial charge in [-0.3, -0.25) is 9.88 Å². The number of fused-ring (bicyclic) bond motifs is 1. The third kappa shape index (κ3) is 5.30. The second-order valence-electron chi connectivity index (χ2n) is 8.91. The summed E-state index contributed by atoms with van der Waals surface area (Å²) in [6, 6.07) is 6.18. The van der Waals surface area contributed by atoms with Gasteiger partial charge >= 0.3 is 6.18 Å². The van der Waals surface area contributed by atoms with Gasteiger partial charge in [0.15, 0.2) is 0 Å². The fourth-order valence-corrected chi connectivity index (χ4v) is 4.69. The molecule has 0 radical (unpaired) electrons. The first-order valence-corrected chi connectivity index (χ1v) is 11.0. The highest BCUT2D eigenvalue weighted by molar-refractivity contribution is 5.94. The maximum absolute atomic E-state index is 13.4.